The lowest BCUT2D eigenvalue weighted by atomic mass is 10.1. The molecule has 1 atom stereocenters. The fourth-order valence-electron chi connectivity index (χ4n) is 2.16. The van der Waals surface area contributed by atoms with E-state index in [1.54, 1.807) is 17.4 Å². The molecule has 2 nitrogen and oxygen atoms in total. The summed E-state index contributed by atoms with van der Waals surface area (Å²) < 4.78 is 14.6. The van der Waals surface area contributed by atoms with Crippen LogP contribution in [-0.2, 0) is 6.54 Å². The van der Waals surface area contributed by atoms with Crippen LogP contribution in [0, 0.1) is 5.82 Å². The molecule has 1 unspecified atom stereocenters. The van der Waals surface area contributed by atoms with E-state index in [2.05, 4.69) is 32.3 Å². The number of likely N-dealkylation sites (N-methyl/N-ethyl adjacent to an activating group) is 1. The third-order valence-electron chi connectivity index (χ3n) is 3.08. The molecule has 6 heteroatoms. The third-order valence-corrected chi connectivity index (χ3v) is 4.85. The molecule has 0 bridgehead atoms. The molecule has 0 saturated carbocycles. The average molecular weight is 378 g/mol. The van der Waals surface area contributed by atoms with E-state index in [0.717, 1.165) is 15.9 Å². The number of hydrogen-bond donors (Lipinski definition) is 1. The second-order valence-electron chi connectivity index (χ2n) is 4.63. The lowest BCUT2D eigenvalue weighted by molar-refractivity contribution is 0.241. The van der Waals surface area contributed by atoms with Crippen LogP contribution in [0.1, 0.15) is 17.2 Å². The van der Waals surface area contributed by atoms with Crippen LogP contribution in [-0.4, -0.2) is 18.5 Å². The Kier molecular flexibility index (Phi) is 5.57. The van der Waals surface area contributed by atoms with Crippen LogP contribution < -0.4 is 5.73 Å². The van der Waals surface area contributed by atoms with Gasteiger partial charge in [0.15, 0.2) is 0 Å². The summed E-state index contributed by atoms with van der Waals surface area (Å²) >= 11 is 11.0. The van der Waals surface area contributed by atoms with Gasteiger partial charge in [-0.1, -0.05) is 11.6 Å². The van der Waals surface area contributed by atoms with Gasteiger partial charge in [0.25, 0.3) is 0 Å². The second-order valence-corrected chi connectivity index (χ2v) is 7.36. The zero-order valence-corrected chi connectivity index (χ0v) is 14.1. The van der Waals surface area contributed by atoms with Gasteiger partial charge in [0.2, 0.25) is 0 Å². The quantitative estimate of drug-likeness (QED) is 0.835. The van der Waals surface area contributed by atoms with Gasteiger partial charge in [0, 0.05) is 24.2 Å². The molecular weight excluding hydrogens is 363 g/mol. The molecule has 1 heterocycles. The number of benzene rings is 1. The Morgan fingerprint density at radius 3 is 2.70 bits per heavy atom. The fourth-order valence-corrected chi connectivity index (χ4v) is 3.60. The number of nitrogens with two attached hydrogens (primary N) is 1. The predicted octanol–water partition coefficient (Wildman–Crippen LogP) is 4.43. The predicted molar refractivity (Wildman–Crippen MR) is 86.7 cm³/mol. The minimum Gasteiger partial charge on any atom is -0.329 e. The maximum Gasteiger partial charge on any atom is 0.125 e. The van der Waals surface area contributed by atoms with Crippen molar-refractivity contribution in [3.8, 4) is 0 Å². The zero-order valence-electron chi connectivity index (χ0n) is 10.9. The minimum absolute atomic E-state index is 0.0677. The van der Waals surface area contributed by atoms with Crippen molar-refractivity contribution >= 4 is 38.9 Å². The molecule has 0 amide bonds. The third kappa shape index (κ3) is 4.02. The summed E-state index contributed by atoms with van der Waals surface area (Å²) in [6.45, 7) is 1.15. The number of thiophene rings is 1. The highest BCUT2D eigenvalue weighted by molar-refractivity contribution is 9.11. The maximum absolute atomic E-state index is 13.5. The van der Waals surface area contributed by atoms with Gasteiger partial charge in [0.1, 0.15) is 5.82 Å². The van der Waals surface area contributed by atoms with Crippen LogP contribution in [0.2, 0.25) is 5.02 Å². The Bertz CT molecular complexity index is 570. The molecule has 20 heavy (non-hydrogen) atoms. The van der Waals surface area contributed by atoms with Crippen molar-refractivity contribution in [2.24, 2.45) is 5.73 Å². The van der Waals surface area contributed by atoms with Crippen LogP contribution in [0.25, 0.3) is 0 Å². The molecule has 108 valence electrons. The van der Waals surface area contributed by atoms with E-state index >= 15 is 0 Å². The van der Waals surface area contributed by atoms with Gasteiger partial charge >= 0.3 is 0 Å². The molecule has 0 aliphatic rings. The Hall–Kier alpha value is -0.460. The van der Waals surface area contributed by atoms with E-state index in [1.165, 1.54) is 17.7 Å². The van der Waals surface area contributed by atoms with Crippen LogP contribution in [0.15, 0.2) is 33.4 Å². The highest BCUT2D eigenvalue weighted by Crippen LogP contribution is 2.27. The molecule has 2 N–H and O–H groups in total. The Balaban J connectivity index is 2.18. The first-order valence-corrected chi connectivity index (χ1v) is 8.14. The van der Waals surface area contributed by atoms with Crippen molar-refractivity contribution in [1.29, 1.82) is 0 Å². The Morgan fingerprint density at radius 2 is 2.15 bits per heavy atom. The number of halogens is 3. The average Bonchev–Trinajstić information content (AvgIpc) is 2.74. The molecule has 0 aliphatic heterocycles. The Labute approximate surface area is 135 Å². The summed E-state index contributed by atoms with van der Waals surface area (Å²) in [6, 6.07) is 6.56. The molecule has 0 aliphatic carbocycles. The Morgan fingerprint density at radius 1 is 1.40 bits per heavy atom. The monoisotopic (exact) mass is 376 g/mol. The van der Waals surface area contributed by atoms with Gasteiger partial charge in [-0.25, -0.2) is 4.39 Å². The van der Waals surface area contributed by atoms with Crippen molar-refractivity contribution in [2.45, 2.75) is 12.6 Å². The minimum atomic E-state index is -0.336. The van der Waals surface area contributed by atoms with Gasteiger partial charge in [0.05, 0.1) is 3.79 Å². The van der Waals surface area contributed by atoms with E-state index in [9.17, 15) is 4.39 Å². The maximum atomic E-state index is 13.5. The molecule has 2 aromatic rings. The van der Waals surface area contributed by atoms with Gasteiger partial charge in [-0.15, -0.1) is 11.3 Å². The smallest absolute Gasteiger partial charge is 0.125 e. The first-order chi connectivity index (χ1) is 9.49. The van der Waals surface area contributed by atoms with Gasteiger partial charge in [-0.3, -0.25) is 4.90 Å². The topological polar surface area (TPSA) is 29.3 Å². The summed E-state index contributed by atoms with van der Waals surface area (Å²) in [5.41, 5.74) is 7.85. The lowest BCUT2D eigenvalue weighted by Gasteiger charge is -2.27. The summed E-state index contributed by atoms with van der Waals surface area (Å²) in [4.78, 5) is 2.10. The van der Waals surface area contributed by atoms with Gasteiger partial charge in [-0.05, 0) is 63.8 Å². The second kappa shape index (κ2) is 7.00. The normalized spacial score (nSPS) is 12.9. The van der Waals surface area contributed by atoms with Gasteiger partial charge < -0.3 is 5.73 Å². The number of hydrogen-bond acceptors (Lipinski definition) is 3. The molecule has 0 saturated heterocycles. The molecule has 2 rings (SSSR count). The lowest BCUT2D eigenvalue weighted by Crippen LogP contribution is -2.30. The van der Waals surface area contributed by atoms with Crippen LogP contribution >= 0.6 is 38.9 Å². The fraction of sp³-hybridized carbons (Fsp3) is 0.286. The van der Waals surface area contributed by atoms with Crippen LogP contribution in [0.4, 0.5) is 4.39 Å². The summed E-state index contributed by atoms with van der Waals surface area (Å²) in [5, 5.41) is 2.48. The van der Waals surface area contributed by atoms with E-state index in [4.69, 9.17) is 17.3 Å². The highest BCUT2D eigenvalue weighted by Gasteiger charge is 2.17. The molecule has 0 radical (unpaired) electrons. The van der Waals surface area contributed by atoms with Crippen LogP contribution in [0.5, 0.6) is 0 Å². The standard InChI is InChI=1S/C14H15BrClFN2S/c1-19(7-9-2-14(15)20-8-9)13(6-18)10-3-11(16)5-12(17)4-10/h2-5,8,13H,6-7,18H2,1H3. The van der Waals surface area contributed by atoms with Crippen molar-refractivity contribution < 1.29 is 4.39 Å². The number of nitrogens with zero attached hydrogens (tertiary/aromatic N) is 1. The van der Waals surface area contributed by atoms with E-state index in [1.807, 2.05) is 7.05 Å². The first kappa shape index (κ1) is 15.9. The first-order valence-electron chi connectivity index (χ1n) is 6.09. The van der Waals surface area contributed by atoms with E-state index in [0.29, 0.717) is 11.6 Å². The van der Waals surface area contributed by atoms with Crippen molar-refractivity contribution in [3.05, 3.63) is 55.4 Å². The van der Waals surface area contributed by atoms with Crippen LogP contribution in [0.3, 0.4) is 0 Å². The van der Waals surface area contributed by atoms with Crippen molar-refractivity contribution in [1.82, 2.24) is 4.90 Å². The zero-order chi connectivity index (χ0) is 14.7. The van der Waals surface area contributed by atoms with Crippen molar-refractivity contribution in [2.75, 3.05) is 13.6 Å². The largest absolute Gasteiger partial charge is 0.329 e. The molecule has 1 aromatic heterocycles. The van der Waals surface area contributed by atoms with Gasteiger partial charge in [-0.2, -0.15) is 0 Å². The highest BCUT2D eigenvalue weighted by atomic mass is 79.9. The van der Waals surface area contributed by atoms with E-state index in [-0.39, 0.29) is 11.9 Å². The molecule has 1 aromatic carbocycles. The molecule has 0 fully saturated rings. The summed E-state index contributed by atoms with van der Waals surface area (Å²) in [6.07, 6.45) is 0. The van der Waals surface area contributed by atoms with Crippen molar-refractivity contribution in [3.63, 3.8) is 0 Å². The molecule has 0 spiro atoms. The SMILES string of the molecule is CN(Cc1csc(Br)c1)C(CN)c1cc(F)cc(Cl)c1. The number of rotatable bonds is 5. The molecular formula is C14H15BrClFN2S. The van der Waals surface area contributed by atoms with E-state index < -0.39 is 0 Å². The summed E-state index contributed by atoms with van der Waals surface area (Å²) in [7, 11) is 1.97. The summed E-state index contributed by atoms with van der Waals surface area (Å²) in [5.74, 6) is -0.336.